The molecule has 2 aromatic carbocycles. The number of hydrogen-bond donors (Lipinski definition) is 2. The summed E-state index contributed by atoms with van der Waals surface area (Å²) >= 11 is 0. The molecule has 0 saturated carbocycles. The smallest absolute Gasteiger partial charge is 0.317 e. The van der Waals surface area contributed by atoms with Gasteiger partial charge in [-0.15, -0.1) is 5.10 Å². The van der Waals surface area contributed by atoms with Crippen LogP contribution in [-0.4, -0.2) is 51.5 Å². The molecule has 0 bridgehead atoms. The number of carbonyl (C=O) groups is 2. The maximum Gasteiger partial charge on any atom is 0.317 e. The SMILES string of the molecule is Cc1ccc(-c2cn(CCN3CCNC3=O)nn2)cc1C(=O)Nc1ccccc1. The lowest BCUT2D eigenvalue weighted by molar-refractivity contribution is 0.102. The predicted octanol–water partition coefficient (Wildman–Crippen LogP) is 2.53. The molecule has 1 aliphatic heterocycles. The number of para-hydroxylation sites is 1. The standard InChI is InChI=1S/C21H22N6O2/c1-15-7-8-16(13-18(15)20(28)23-17-5-3-2-4-6-17)19-14-27(25-24-19)12-11-26-10-9-22-21(26)29/h2-8,13-14H,9-12H2,1H3,(H,22,29)(H,23,28). The number of nitrogens with zero attached hydrogens (tertiary/aromatic N) is 4. The van der Waals surface area contributed by atoms with Crippen LogP contribution in [0.3, 0.4) is 0 Å². The van der Waals surface area contributed by atoms with Crippen molar-refractivity contribution in [2.75, 3.05) is 25.0 Å². The van der Waals surface area contributed by atoms with E-state index >= 15 is 0 Å². The van der Waals surface area contributed by atoms with Gasteiger partial charge >= 0.3 is 6.03 Å². The Balaban J connectivity index is 1.48. The van der Waals surface area contributed by atoms with Crippen LogP contribution in [0, 0.1) is 6.92 Å². The van der Waals surface area contributed by atoms with E-state index in [1.165, 1.54) is 0 Å². The predicted molar refractivity (Wildman–Crippen MR) is 110 cm³/mol. The summed E-state index contributed by atoms with van der Waals surface area (Å²) in [6.45, 7) is 4.43. The average Bonchev–Trinajstić information content (AvgIpc) is 3.36. The number of nitrogens with one attached hydrogen (secondary N) is 2. The van der Waals surface area contributed by atoms with Gasteiger partial charge in [-0.2, -0.15) is 0 Å². The van der Waals surface area contributed by atoms with Crippen LogP contribution < -0.4 is 10.6 Å². The number of aryl methyl sites for hydroxylation is 1. The Kier molecular flexibility index (Phi) is 5.24. The average molecular weight is 390 g/mol. The number of rotatable bonds is 6. The maximum atomic E-state index is 12.7. The van der Waals surface area contributed by atoms with Gasteiger partial charge in [0.1, 0.15) is 5.69 Å². The van der Waals surface area contributed by atoms with Crippen LogP contribution in [0.4, 0.5) is 10.5 Å². The number of anilines is 1. The number of carbonyl (C=O) groups excluding carboxylic acids is 2. The van der Waals surface area contributed by atoms with Gasteiger partial charge in [-0.1, -0.05) is 35.5 Å². The largest absolute Gasteiger partial charge is 0.336 e. The van der Waals surface area contributed by atoms with E-state index in [0.717, 1.165) is 16.8 Å². The Labute approximate surface area is 168 Å². The number of aromatic nitrogens is 3. The molecule has 8 nitrogen and oxygen atoms in total. The Morgan fingerprint density at radius 3 is 2.76 bits per heavy atom. The second kappa shape index (κ2) is 8.14. The molecule has 0 aliphatic carbocycles. The number of urea groups is 1. The fraction of sp³-hybridized carbons (Fsp3) is 0.238. The van der Waals surface area contributed by atoms with E-state index < -0.39 is 0 Å². The third-order valence-electron chi connectivity index (χ3n) is 4.89. The van der Waals surface area contributed by atoms with Gasteiger partial charge in [0.25, 0.3) is 5.91 Å². The summed E-state index contributed by atoms with van der Waals surface area (Å²) in [5.74, 6) is -0.164. The Morgan fingerprint density at radius 1 is 1.17 bits per heavy atom. The molecule has 2 N–H and O–H groups in total. The molecule has 3 aromatic rings. The summed E-state index contributed by atoms with van der Waals surface area (Å²) < 4.78 is 1.71. The highest BCUT2D eigenvalue weighted by atomic mass is 16.2. The topological polar surface area (TPSA) is 92.2 Å². The normalized spacial score (nSPS) is 13.4. The molecule has 1 aromatic heterocycles. The summed E-state index contributed by atoms with van der Waals surface area (Å²) in [7, 11) is 0. The second-order valence-corrected chi connectivity index (χ2v) is 6.94. The summed E-state index contributed by atoms with van der Waals surface area (Å²) in [6, 6.07) is 15.0. The van der Waals surface area contributed by atoms with Gasteiger partial charge < -0.3 is 15.5 Å². The zero-order valence-electron chi connectivity index (χ0n) is 16.1. The van der Waals surface area contributed by atoms with Gasteiger partial charge in [-0.05, 0) is 30.7 Å². The molecular formula is C21H22N6O2. The van der Waals surface area contributed by atoms with Crippen LogP contribution in [0.1, 0.15) is 15.9 Å². The van der Waals surface area contributed by atoms with Gasteiger partial charge in [0, 0.05) is 36.4 Å². The summed E-state index contributed by atoms with van der Waals surface area (Å²) in [4.78, 5) is 26.1. The van der Waals surface area contributed by atoms with E-state index in [1.807, 2.05) is 61.7 Å². The van der Waals surface area contributed by atoms with Gasteiger partial charge in [0.15, 0.2) is 0 Å². The molecule has 1 saturated heterocycles. The fourth-order valence-corrected chi connectivity index (χ4v) is 3.23. The van der Waals surface area contributed by atoms with Crippen molar-refractivity contribution in [1.82, 2.24) is 25.2 Å². The lowest BCUT2D eigenvalue weighted by Crippen LogP contribution is -2.31. The Hall–Kier alpha value is -3.68. The highest BCUT2D eigenvalue weighted by molar-refractivity contribution is 6.05. The molecule has 1 fully saturated rings. The minimum atomic E-state index is -0.164. The number of benzene rings is 2. The van der Waals surface area contributed by atoms with Crippen molar-refractivity contribution in [1.29, 1.82) is 0 Å². The van der Waals surface area contributed by atoms with E-state index in [4.69, 9.17) is 0 Å². The van der Waals surface area contributed by atoms with E-state index in [9.17, 15) is 9.59 Å². The molecule has 2 heterocycles. The highest BCUT2D eigenvalue weighted by Gasteiger charge is 2.19. The van der Waals surface area contributed by atoms with Gasteiger partial charge in [0.2, 0.25) is 0 Å². The van der Waals surface area contributed by atoms with Crippen molar-refractivity contribution in [2.45, 2.75) is 13.5 Å². The van der Waals surface area contributed by atoms with E-state index in [1.54, 1.807) is 9.58 Å². The molecule has 4 rings (SSSR count). The fourth-order valence-electron chi connectivity index (χ4n) is 3.23. The van der Waals surface area contributed by atoms with Crippen LogP contribution in [0.25, 0.3) is 11.3 Å². The van der Waals surface area contributed by atoms with Crippen molar-refractivity contribution < 1.29 is 9.59 Å². The summed E-state index contributed by atoms with van der Waals surface area (Å²) in [5, 5.41) is 14.1. The maximum absolute atomic E-state index is 12.7. The minimum Gasteiger partial charge on any atom is -0.336 e. The van der Waals surface area contributed by atoms with Crippen LogP contribution in [0.2, 0.25) is 0 Å². The lowest BCUT2D eigenvalue weighted by atomic mass is 10.0. The number of hydrogen-bond acceptors (Lipinski definition) is 4. The van der Waals surface area contributed by atoms with E-state index in [2.05, 4.69) is 20.9 Å². The molecule has 0 atom stereocenters. The van der Waals surface area contributed by atoms with Crippen LogP contribution in [-0.2, 0) is 6.54 Å². The molecule has 8 heteroatoms. The highest BCUT2D eigenvalue weighted by Crippen LogP contribution is 2.21. The molecule has 0 radical (unpaired) electrons. The quantitative estimate of drug-likeness (QED) is 0.677. The molecule has 29 heavy (non-hydrogen) atoms. The van der Waals surface area contributed by atoms with Crippen LogP contribution in [0.5, 0.6) is 0 Å². The van der Waals surface area contributed by atoms with Crippen molar-refractivity contribution in [3.05, 3.63) is 65.9 Å². The molecule has 0 spiro atoms. The zero-order valence-corrected chi connectivity index (χ0v) is 16.1. The Bertz CT molecular complexity index is 1030. The zero-order chi connectivity index (χ0) is 20.2. The first-order chi connectivity index (χ1) is 14.1. The van der Waals surface area contributed by atoms with E-state index in [-0.39, 0.29) is 11.9 Å². The Morgan fingerprint density at radius 2 is 2.00 bits per heavy atom. The van der Waals surface area contributed by atoms with Crippen molar-refractivity contribution >= 4 is 17.6 Å². The number of amides is 3. The molecular weight excluding hydrogens is 368 g/mol. The van der Waals surface area contributed by atoms with Crippen molar-refractivity contribution in [2.24, 2.45) is 0 Å². The first-order valence-electron chi connectivity index (χ1n) is 9.50. The van der Waals surface area contributed by atoms with Gasteiger partial charge in [0.05, 0.1) is 12.7 Å². The summed E-state index contributed by atoms with van der Waals surface area (Å²) in [5.41, 5.74) is 3.73. The van der Waals surface area contributed by atoms with Gasteiger partial charge in [-0.3, -0.25) is 9.48 Å². The molecule has 0 unspecified atom stereocenters. The summed E-state index contributed by atoms with van der Waals surface area (Å²) in [6.07, 6.45) is 1.83. The van der Waals surface area contributed by atoms with Crippen molar-refractivity contribution in [3.8, 4) is 11.3 Å². The molecule has 3 amide bonds. The monoisotopic (exact) mass is 390 g/mol. The first-order valence-corrected chi connectivity index (χ1v) is 9.50. The van der Waals surface area contributed by atoms with Gasteiger partial charge in [-0.25, -0.2) is 4.79 Å². The third-order valence-corrected chi connectivity index (χ3v) is 4.89. The van der Waals surface area contributed by atoms with E-state index in [0.29, 0.717) is 37.4 Å². The minimum absolute atomic E-state index is 0.0436. The first kappa shape index (κ1) is 18.7. The molecule has 148 valence electrons. The second-order valence-electron chi connectivity index (χ2n) is 6.94. The van der Waals surface area contributed by atoms with Crippen LogP contribution >= 0.6 is 0 Å². The van der Waals surface area contributed by atoms with Crippen LogP contribution in [0.15, 0.2) is 54.7 Å². The third kappa shape index (κ3) is 4.26. The molecule has 1 aliphatic rings. The lowest BCUT2D eigenvalue weighted by Gasteiger charge is -2.13. The van der Waals surface area contributed by atoms with Crippen molar-refractivity contribution in [3.63, 3.8) is 0 Å².